The van der Waals surface area contributed by atoms with Crippen LogP contribution >= 0.6 is 11.3 Å². The first-order chi connectivity index (χ1) is 12.1. The standard InChI is InChI=1S/C19H18N2O3S/c1-11(22)12-6-8-13(9-7-12)24-10-16-20-18(23)17-14-4-2-3-5-15(14)25-19(17)21-16/h6-9H,2-5,10H2,1H3,(H,20,21,23). The van der Waals surface area contributed by atoms with Gasteiger partial charge in [0.1, 0.15) is 23.0 Å². The average molecular weight is 354 g/mol. The maximum Gasteiger partial charge on any atom is 0.260 e. The van der Waals surface area contributed by atoms with Crippen LogP contribution in [-0.2, 0) is 19.4 Å². The van der Waals surface area contributed by atoms with Gasteiger partial charge in [-0.2, -0.15) is 0 Å². The number of aromatic amines is 1. The fraction of sp³-hybridized carbons (Fsp3) is 0.316. The smallest absolute Gasteiger partial charge is 0.260 e. The summed E-state index contributed by atoms with van der Waals surface area (Å²) in [7, 11) is 0. The first-order valence-corrected chi connectivity index (χ1v) is 9.21. The van der Waals surface area contributed by atoms with Crippen LogP contribution < -0.4 is 10.3 Å². The molecule has 0 aliphatic heterocycles. The lowest BCUT2D eigenvalue weighted by Gasteiger charge is -2.09. The zero-order chi connectivity index (χ0) is 17.4. The Labute approximate surface area is 148 Å². The molecule has 0 spiro atoms. The molecule has 1 aliphatic carbocycles. The van der Waals surface area contributed by atoms with E-state index in [0.717, 1.165) is 29.5 Å². The fourth-order valence-electron chi connectivity index (χ4n) is 3.21. The second-order valence-electron chi connectivity index (χ2n) is 6.27. The molecule has 2 aromatic heterocycles. The maximum absolute atomic E-state index is 12.5. The Morgan fingerprint density at radius 3 is 2.76 bits per heavy atom. The molecule has 0 bridgehead atoms. The van der Waals surface area contributed by atoms with E-state index in [-0.39, 0.29) is 17.9 Å². The lowest BCUT2D eigenvalue weighted by Crippen LogP contribution is -2.14. The minimum absolute atomic E-state index is 0.0182. The number of thiophene rings is 1. The molecule has 1 aromatic carbocycles. The highest BCUT2D eigenvalue weighted by Crippen LogP contribution is 2.33. The van der Waals surface area contributed by atoms with Gasteiger partial charge < -0.3 is 9.72 Å². The van der Waals surface area contributed by atoms with Crippen LogP contribution in [0.3, 0.4) is 0 Å². The van der Waals surface area contributed by atoms with Gasteiger partial charge in [0, 0.05) is 10.4 Å². The molecule has 5 nitrogen and oxygen atoms in total. The number of carbonyl (C=O) groups excluding carboxylic acids is 1. The van der Waals surface area contributed by atoms with E-state index in [0.29, 0.717) is 17.1 Å². The third-order valence-electron chi connectivity index (χ3n) is 4.51. The summed E-state index contributed by atoms with van der Waals surface area (Å²) in [5.41, 5.74) is 1.76. The molecule has 1 aliphatic rings. The van der Waals surface area contributed by atoms with Crippen molar-refractivity contribution in [3.8, 4) is 5.75 Å². The second-order valence-corrected chi connectivity index (χ2v) is 7.36. The number of ketones is 1. The van der Waals surface area contributed by atoms with E-state index in [4.69, 9.17) is 4.74 Å². The molecule has 2 heterocycles. The largest absolute Gasteiger partial charge is 0.486 e. The van der Waals surface area contributed by atoms with Crippen molar-refractivity contribution in [1.82, 2.24) is 9.97 Å². The molecule has 0 saturated heterocycles. The predicted octanol–water partition coefficient (Wildman–Crippen LogP) is 3.65. The van der Waals surface area contributed by atoms with Crippen LogP contribution in [0.15, 0.2) is 29.1 Å². The quantitative estimate of drug-likeness (QED) is 0.726. The SMILES string of the molecule is CC(=O)c1ccc(OCc2nc3sc4c(c3c(=O)[nH]2)CCCC4)cc1. The van der Waals surface area contributed by atoms with E-state index in [9.17, 15) is 9.59 Å². The van der Waals surface area contributed by atoms with Crippen molar-refractivity contribution in [2.24, 2.45) is 0 Å². The number of aryl methyl sites for hydroxylation is 2. The number of carbonyl (C=O) groups is 1. The van der Waals surface area contributed by atoms with Crippen LogP contribution in [0.4, 0.5) is 0 Å². The van der Waals surface area contributed by atoms with Gasteiger partial charge >= 0.3 is 0 Å². The normalized spacial score (nSPS) is 13.6. The van der Waals surface area contributed by atoms with Gasteiger partial charge in [0.05, 0.1) is 5.39 Å². The van der Waals surface area contributed by atoms with Crippen LogP contribution in [0.1, 0.15) is 46.4 Å². The number of nitrogens with one attached hydrogen (secondary N) is 1. The molecule has 0 unspecified atom stereocenters. The van der Waals surface area contributed by atoms with Crippen molar-refractivity contribution in [3.05, 3.63) is 56.4 Å². The monoisotopic (exact) mass is 354 g/mol. The van der Waals surface area contributed by atoms with Crippen LogP contribution in [-0.4, -0.2) is 15.8 Å². The Morgan fingerprint density at radius 1 is 1.24 bits per heavy atom. The van der Waals surface area contributed by atoms with Gasteiger partial charge in [0.25, 0.3) is 5.56 Å². The summed E-state index contributed by atoms with van der Waals surface area (Å²) < 4.78 is 5.69. The van der Waals surface area contributed by atoms with Crippen LogP contribution in [0.5, 0.6) is 5.75 Å². The van der Waals surface area contributed by atoms with E-state index in [1.165, 1.54) is 23.8 Å². The van der Waals surface area contributed by atoms with Crippen molar-refractivity contribution in [2.75, 3.05) is 0 Å². The Morgan fingerprint density at radius 2 is 2.00 bits per heavy atom. The predicted molar refractivity (Wildman–Crippen MR) is 97.7 cm³/mol. The molecule has 0 saturated carbocycles. The topological polar surface area (TPSA) is 72.0 Å². The number of fused-ring (bicyclic) bond motifs is 3. The first kappa shape index (κ1) is 16.0. The Kier molecular flexibility index (Phi) is 4.13. The summed E-state index contributed by atoms with van der Waals surface area (Å²) in [6.45, 7) is 1.72. The van der Waals surface area contributed by atoms with Gasteiger partial charge in [-0.15, -0.1) is 11.3 Å². The minimum Gasteiger partial charge on any atom is -0.486 e. The zero-order valence-corrected chi connectivity index (χ0v) is 14.7. The Hall–Kier alpha value is -2.47. The van der Waals surface area contributed by atoms with Crippen molar-refractivity contribution in [2.45, 2.75) is 39.2 Å². The van der Waals surface area contributed by atoms with Gasteiger partial charge in [0.2, 0.25) is 0 Å². The second kappa shape index (κ2) is 6.44. The Bertz CT molecular complexity index is 1000. The average Bonchev–Trinajstić information content (AvgIpc) is 2.99. The third kappa shape index (κ3) is 3.09. The summed E-state index contributed by atoms with van der Waals surface area (Å²) in [5, 5.41) is 0.759. The number of ether oxygens (including phenoxy) is 1. The van der Waals surface area contributed by atoms with Crippen molar-refractivity contribution < 1.29 is 9.53 Å². The molecule has 0 fully saturated rings. The summed E-state index contributed by atoms with van der Waals surface area (Å²) in [5.74, 6) is 1.18. The molecule has 6 heteroatoms. The maximum atomic E-state index is 12.5. The fourth-order valence-corrected chi connectivity index (χ4v) is 4.50. The molecule has 0 radical (unpaired) electrons. The third-order valence-corrected chi connectivity index (χ3v) is 5.70. The van der Waals surface area contributed by atoms with Crippen LogP contribution in [0.25, 0.3) is 10.2 Å². The molecule has 0 amide bonds. The minimum atomic E-state index is -0.0741. The van der Waals surface area contributed by atoms with Crippen LogP contribution in [0, 0.1) is 0 Å². The number of H-pyrrole nitrogens is 1. The van der Waals surface area contributed by atoms with Crippen molar-refractivity contribution >= 4 is 27.3 Å². The van der Waals surface area contributed by atoms with Crippen LogP contribution in [0.2, 0.25) is 0 Å². The van der Waals surface area contributed by atoms with E-state index >= 15 is 0 Å². The number of nitrogens with zero attached hydrogens (tertiary/aromatic N) is 1. The first-order valence-electron chi connectivity index (χ1n) is 8.39. The van der Waals surface area contributed by atoms with Gasteiger partial charge in [-0.3, -0.25) is 9.59 Å². The van der Waals surface area contributed by atoms with Crippen molar-refractivity contribution in [3.63, 3.8) is 0 Å². The number of benzene rings is 1. The molecule has 4 rings (SSSR count). The highest BCUT2D eigenvalue weighted by atomic mass is 32.1. The highest BCUT2D eigenvalue weighted by Gasteiger charge is 2.19. The summed E-state index contributed by atoms with van der Waals surface area (Å²) in [6.07, 6.45) is 4.34. The zero-order valence-electron chi connectivity index (χ0n) is 13.9. The summed E-state index contributed by atoms with van der Waals surface area (Å²) in [4.78, 5) is 33.3. The van der Waals surface area contributed by atoms with Gasteiger partial charge in [-0.1, -0.05) is 0 Å². The van der Waals surface area contributed by atoms with E-state index in [1.54, 1.807) is 35.6 Å². The summed E-state index contributed by atoms with van der Waals surface area (Å²) >= 11 is 1.63. The lowest BCUT2D eigenvalue weighted by molar-refractivity contribution is 0.101. The Balaban J connectivity index is 1.57. The van der Waals surface area contributed by atoms with E-state index in [2.05, 4.69) is 9.97 Å². The number of aromatic nitrogens is 2. The molecule has 25 heavy (non-hydrogen) atoms. The molecular weight excluding hydrogens is 336 g/mol. The van der Waals surface area contributed by atoms with E-state index in [1.807, 2.05) is 0 Å². The number of hydrogen-bond acceptors (Lipinski definition) is 5. The molecule has 0 atom stereocenters. The van der Waals surface area contributed by atoms with E-state index < -0.39 is 0 Å². The van der Waals surface area contributed by atoms with Gasteiger partial charge in [0.15, 0.2) is 5.78 Å². The molecular formula is C19H18N2O3S. The lowest BCUT2D eigenvalue weighted by atomic mass is 9.97. The molecule has 3 aromatic rings. The van der Waals surface area contributed by atoms with Crippen molar-refractivity contribution in [1.29, 1.82) is 0 Å². The summed E-state index contributed by atoms with van der Waals surface area (Å²) in [6, 6.07) is 6.95. The number of Topliss-reactive ketones (excluding diaryl/α,β-unsaturated/α-hetero) is 1. The highest BCUT2D eigenvalue weighted by molar-refractivity contribution is 7.18. The van der Waals surface area contributed by atoms with Gasteiger partial charge in [-0.25, -0.2) is 4.98 Å². The number of rotatable bonds is 4. The molecule has 1 N–H and O–H groups in total. The molecule has 128 valence electrons. The van der Waals surface area contributed by atoms with Gasteiger partial charge in [-0.05, 0) is 62.4 Å². The number of hydrogen-bond donors (Lipinski definition) is 1.